The molecule has 3 nitrogen and oxygen atoms in total. The van der Waals surface area contributed by atoms with E-state index >= 15 is 0 Å². The lowest BCUT2D eigenvalue weighted by Gasteiger charge is -2.12. The Balaban J connectivity index is 2.28. The SMILES string of the molecule is COc1ccc(Cc2ccccc2C(F)(F)F)nn1. The van der Waals surface area contributed by atoms with Crippen molar-refractivity contribution in [3.63, 3.8) is 0 Å². The normalized spacial score (nSPS) is 11.4. The first-order valence-electron chi connectivity index (χ1n) is 5.52. The first kappa shape index (κ1) is 13.3. The highest BCUT2D eigenvalue weighted by molar-refractivity contribution is 5.33. The van der Waals surface area contributed by atoms with Crippen LogP contribution in [0.15, 0.2) is 36.4 Å². The fourth-order valence-electron chi connectivity index (χ4n) is 1.70. The monoisotopic (exact) mass is 268 g/mol. The number of halogens is 3. The van der Waals surface area contributed by atoms with Crippen molar-refractivity contribution in [1.82, 2.24) is 10.2 Å². The van der Waals surface area contributed by atoms with Crippen molar-refractivity contribution >= 4 is 0 Å². The molecule has 1 aromatic heterocycles. The van der Waals surface area contributed by atoms with Crippen molar-refractivity contribution < 1.29 is 17.9 Å². The average molecular weight is 268 g/mol. The second kappa shape index (κ2) is 5.26. The molecule has 0 radical (unpaired) electrons. The fourth-order valence-corrected chi connectivity index (χ4v) is 1.70. The smallest absolute Gasteiger partial charge is 0.416 e. The van der Waals surface area contributed by atoms with Crippen molar-refractivity contribution in [3.05, 3.63) is 53.2 Å². The van der Waals surface area contributed by atoms with Crippen LogP contribution in [0.2, 0.25) is 0 Å². The van der Waals surface area contributed by atoms with Gasteiger partial charge in [0.15, 0.2) is 0 Å². The third-order valence-electron chi connectivity index (χ3n) is 2.60. The summed E-state index contributed by atoms with van der Waals surface area (Å²) in [6.45, 7) is 0. The van der Waals surface area contributed by atoms with E-state index in [2.05, 4.69) is 10.2 Å². The highest BCUT2D eigenvalue weighted by Gasteiger charge is 2.32. The number of aromatic nitrogens is 2. The molecule has 0 aliphatic carbocycles. The van der Waals surface area contributed by atoms with E-state index in [1.165, 1.54) is 19.2 Å². The predicted octanol–water partition coefficient (Wildman–Crippen LogP) is 3.09. The summed E-state index contributed by atoms with van der Waals surface area (Å²) in [4.78, 5) is 0. The van der Waals surface area contributed by atoms with Gasteiger partial charge >= 0.3 is 6.18 Å². The summed E-state index contributed by atoms with van der Waals surface area (Å²) in [5, 5.41) is 7.56. The molecule has 100 valence electrons. The van der Waals surface area contributed by atoms with Crippen LogP contribution in [-0.2, 0) is 12.6 Å². The van der Waals surface area contributed by atoms with Crippen LogP contribution in [0, 0.1) is 0 Å². The van der Waals surface area contributed by atoms with Crippen molar-refractivity contribution in [2.24, 2.45) is 0 Å². The highest BCUT2D eigenvalue weighted by Crippen LogP contribution is 2.32. The molecule has 0 amide bonds. The van der Waals surface area contributed by atoms with Gasteiger partial charge < -0.3 is 4.74 Å². The summed E-state index contributed by atoms with van der Waals surface area (Å²) < 4.78 is 43.3. The van der Waals surface area contributed by atoms with Gasteiger partial charge in [-0.1, -0.05) is 18.2 Å². The minimum Gasteiger partial charge on any atom is -0.480 e. The van der Waals surface area contributed by atoms with E-state index in [-0.39, 0.29) is 12.0 Å². The van der Waals surface area contributed by atoms with E-state index in [1.54, 1.807) is 18.2 Å². The average Bonchev–Trinajstić information content (AvgIpc) is 2.39. The Morgan fingerprint density at radius 3 is 2.37 bits per heavy atom. The lowest BCUT2D eigenvalue weighted by Crippen LogP contribution is -2.09. The maximum absolute atomic E-state index is 12.8. The summed E-state index contributed by atoms with van der Waals surface area (Å²) in [5.74, 6) is 0.327. The van der Waals surface area contributed by atoms with Crippen LogP contribution < -0.4 is 4.74 Å². The van der Waals surface area contributed by atoms with Gasteiger partial charge in [-0.05, 0) is 17.7 Å². The Kier molecular flexibility index (Phi) is 3.69. The molecule has 2 aromatic rings. The van der Waals surface area contributed by atoms with Crippen LogP contribution in [0.25, 0.3) is 0 Å². The third kappa shape index (κ3) is 3.21. The largest absolute Gasteiger partial charge is 0.480 e. The fraction of sp³-hybridized carbons (Fsp3) is 0.231. The van der Waals surface area contributed by atoms with Crippen molar-refractivity contribution in [2.45, 2.75) is 12.6 Å². The van der Waals surface area contributed by atoms with Gasteiger partial charge in [-0.2, -0.15) is 18.3 Å². The third-order valence-corrected chi connectivity index (χ3v) is 2.60. The number of hydrogen-bond donors (Lipinski definition) is 0. The van der Waals surface area contributed by atoms with Gasteiger partial charge in [0.1, 0.15) is 0 Å². The number of hydrogen-bond acceptors (Lipinski definition) is 3. The van der Waals surface area contributed by atoms with E-state index in [0.717, 1.165) is 6.07 Å². The van der Waals surface area contributed by atoms with Crippen molar-refractivity contribution in [1.29, 1.82) is 0 Å². The molecule has 0 fully saturated rings. The molecule has 0 saturated carbocycles. The number of ether oxygens (including phenoxy) is 1. The molecule has 0 unspecified atom stereocenters. The van der Waals surface area contributed by atoms with Gasteiger partial charge in [0.25, 0.3) is 0 Å². The van der Waals surface area contributed by atoms with Crippen LogP contribution >= 0.6 is 0 Å². The molecule has 1 heterocycles. The summed E-state index contributed by atoms with van der Waals surface area (Å²) in [6.07, 6.45) is -4.29. The van der Waals surface area contributed by atoms with Gasteiger partial charge in [0.2, 0.25) is 5.88 Å². The standard InChI is InChI=1S/C13H11F3N2O/c1-19-12-7-6-10(17-18-12)8-9-4-2-3-5-11(9)13(14,15)16/h2-7H,8H2,1H3. The topological polar surface area (TPSA) is 35.0 Å². The zero-order valence-electron chi connectivity index (χ0n) is 10.1. The molecule has 0 bridgehead atoms. The molecule has 2 rings (SSSR count). The Morgan fingerprint density at radius 1 is 1.05 bits per heavy atom. The van der Waals surface area contributed by atoms with Gasteiger partial charge in [-0.3, -0.25) is 0 Å². The molecular weight excluding hydrogens is 257 g/mol. The van der Waals surface area contributed by atoms with Crippen LogP contribution in [-0.4, -0.2) is 17.3 Å². The van der Waals surface area contributed by atoms with Crippen LogP contribution in [0.1, 0.15) is 16.8 Å². The minimum absolute atomic E-state index is 0.0761. The zero-order valence-corrected chi connectivity index (χ0v) is 10.1. The second-order valence-corrected chi connectivity index (χ2v) is 3.90. The molecule has 19 heavy (non-hydrogen) atoms. The highest BCUT2D eigenvalue weighted by atomic mass is 19.4. The van der Waals surface area contributed by atoms with Crippen molar-refractivity contribution in [2.75, 3.05) is 7.11 Å². The summed E-state index contributed by atoms with van der Waals surface area (Å²) >= 11 is 0. The van der Waals surface area contributed by atoms with E-state index in [0.29, 0.717) is 11.6 Å². The first-order chi connectivity index (χ1) is 9.00. The Labute approximate surface area is 108 Å². The van der Waals surface area contributed by atoms with Crippen LogP contribution in [0.4, 0.5) is 13.2 Å². The summed E-state index contributed by atoms with van der Waals surface area (Å²) in [5.41, 5.74) is -0.0143. The van der Waals surface area contributed by atoms with Gasteiger partial charge in [0.05, 0.1) is 18.4 Å². The van der Waals surface area contributed by atoms with Gasteiger partial charge in [-0.15, -0.1) is 5.10 Å². The van der Waals surface area contributed by atoms with Gasteiger partial charge in [-0.25, -0.2) is 0 Å². The van der Waals surface area contributed by atoms with E-state index in [4.69, 9.17) is 4.74 Å². The first-order valence-corrected chi connectivity index (χ1v) is 5.52. The number of benzene rings is 1. The molecule has 0 N–H and O–H groups in total. The van der Waals surface area contributed by atoms with Crippen molar-refractivity contribution in [3.8, 4) is 5.88 Å². The Bertz CT molecular complexity index is 553. The molecule has 6 heteroatoms. The molecule has 0 atom stereocenters. The van der Waals surface area contributed by atoms with E-state index in [1.807, 2.05) is 0 Å². The lowest BCUT2D eigenvalue weighted by atomic mass is 10.0. The number of nitrogens with zero attached hydrogens (tertiary/aromatic N) is 2. The minimum atomic E-state index is -4.36. The zero-order chi connectivity index (χ0) is 13.9. The molecular formula is C13H11F3N2O. The van der Waals surface area contributed by atoms with E-state index in [9.17, 15) is 13.2 Å². The second-order valence-electron chi connectivity index (χ2n) is 3.90. The van der Waals surface area contributed by atoms with Crippen LogP contribution in [0.5, 0.6) is 5.88 Å². The Morgan fingerprint density at radius 2 is 1.79 bits per heavy atom. The molecule has 1 aromatic carbocycles. The number of rotatable bonds is 3. The summed E-state index contributed by atoms with van der Waals surface area (Å²) in [7, 11) is 1.45. The molecule has 0 spiro atoms. The van der Waals surface area contributed by atoms with Crippen LogP contribution in [0.3, 0.4) is 0 Å². The quantitative estimate of drug-likeness (QED) is 0.858. The maximum Gasteiger partial charge on any atom is 0.416 e. The number of methoxy groups -OCH3 is 1. The summed E-state index contributed by atoms with van der Waals surface area (Å²) in [6, 6.07) is 8.60. The lowest BCUT2D eigenvalue weighted by molar-refractivity contribution is -0.138. The molecule has 0 saturated heterocycles. The molecule has 0 aliphatic rings. The van der Waals surface area contributed by atoms with E-state index < -0.39 is 11.7 Å². The maximum atomic E-state index is 12.8. The van der Waals surface area contributed by atoms with Gasteiger partial charge in [0, 0.05) is 12.5 Å². The molecule has 0 aliphatic heterocycles. The Hall–Kier alpha value is -2.11. The number of alkyl halides is 3. The predicted molar refractivity (Wildman–Crippen MR) is 62.8 cm³/mol.